The molecule has 92 valence electrons. The lowest BCUT2D eigenvalue weighted by atomic mass is 10.0. The van der Waals surface area contributed by atoms with Crippen molar-refractivity contribution in [2.75, 3.05) is 6.61 Å². The Morgan fingerprint density at radius 2 is 2.35 bits per heavy atom. The minimum atomic E-state index is -0.776. The highest BCUT2D eigenvalue weighted by Crippen LogP contribution is 2.39. The molecule has 0 aromatic rings. The van der Waals surface area contributed by atoms with Crippen LogP contribution in [0.2, 0.25) is 0 Å². The van der Waals surface area contributed by atoms with Gasteiger partial charge in [0, 0.05) is 12.5 Å². The van der Waals surface area contributed by atoms with Gasteiger partial charge in [-0.05, 0) is 5.41 Å². The Morgan fingerprint density at radius 1 is 1.65 bits per heavy atom. The summed E-state index contributed by atoms with van der Waals surface area (Å²) in [6, 6.07) is -0.776. The molecule has 7 heteroatoms. The maximum Gasteiger partial charge on any atom is 0.302 e. The van der Waals surface area contributed by atoms with Gasteiger partial charge in [-0.1, -0.05) is 0 Å². The largest absolute Gasteiger partial charge is 0.461 e. The quantitative estimate of drug-likeness (QED) is 0.548. The van der Waals surface area contributed by atoms with Crippen LogP contribution in [0.25, 0.3) is 0 Å². The number of β-lactam (4-membered cyclic amide) rings is 1. The molecule has 17 heavy (non-hydrogen) atoms. The highest BCUT2D eigenvalue weighted by Gasteiger charge is 2.47. The van der Waals surface area contributed by atoms with Crippen molar-refractivity contribution < 1.29 is 19.1 Å². The fourth-order valence-corrected chi connectivity index (χ4v) is 2.99. The van der Waals surface area contributed by atoms with Gasteiger partial charge in [-0.3, -0.25) is 14.4 Å². The summed E-state index contributed by atoms with van der Waals surface area (Å²) in [5.41, 5.74) is 5.85. The molecule has 2 heterocycles. The van der Waals surface area contributed by atoms with Crippen LogP contribution in [0.5, 0.6) is 0 Å². The highest BCUT2D eigenvalue weighted by atomic mass is 32.2. The second-order valence-corrected chi connectivity index (χ2v) is 4.93. The SMILES string of the molecule is CC(=O)OCC1=CS[C@@H]2CC(=O)N2[C@H]1C(N)=O. The molecule has 1 saturated heterocycles. The maximum atomic E-state index is 11.4. The first-order valence-electron chi connectivity index (χ1n) is 5.09. The van der Waals surface area contributed by atoms with Gasteiger partial charge in [0.15, 0.2) is 0 Å². The van der Waals surface area contributed by atoms with Crippen LogP contribution < -0.4 is 5.73 Å². The van der Waals surface area contributed by atoms with Gasteiger partial charge in [0.2, 0.25) is 11.8 Å². The van der Waals surface area contributed by atoms with Gasteiger partial charge in [-0.25, -0.2) is 0 Å². The molecule has 2 N–H and O–H groups in total. The van der Waals surface area contributed by atoms with Crippen LogP contribution in [0, 0.1) is 0 Å². The first-order chi connectivity index (χ1) is 8.00. The number of amides is 2. The van der Waals surface area contributed by atoms with Crippen LogP contribution in [0.1, 0.15) is 13.3 Å². The lowest BCUT2D eigenvalue weighted by Crippen LogP contribution is -2.62. The monoisotopic (exact) mass is 256 g/mol. The Labute approximate surface area is 102 Å². The van der Waals surface area contributed by atoms with E-state index >= 15 is 0 Å². The molecule has 0 radical (unpaired) electrons. The van der Waals surface area contributed by atoms with E-state index in [0.29, 0.717) is 12.0 Å². The van der Waals surface area contributed by atoms with E-state index in [-0.39, 0.29) is 17.9 Å². The zero-order chi connectivity index (χ0) is 12.6. The lowest BCUT2D eigenvalue weighted by Gasteiger charge is -2.46. The minimum Gasteiger partial charge on any atom is -0.461 e. The molecular formula is C10H12N2O4S. The number of hydrogen-bond acceptors (Lipinski definition) is 5. The molecule has 2 aliphatic heterocycles. The molecule has 1 fully saturated rings. The number of carbonyl (C=O) groups is 3. The zero-order valence-electron chi connectivity index (χ0n) is 9.21. The van der Waals surface area contributed by atoms with Gasteiger partial charge in [-0.15, -0.1) is 11.8 Å². The molecule has 0 spiro atoms. The number of esters is 1. The van der Waals surface area contributed by atoms with Gasteiger partial charge >= 0.3 is 5.97 Å². The summed E-state index contributed by atoms with van der Waals surface area (Å²) in [5, 5.41) is 1.74. The molecule has 0 unspecified atom stereocenters. The predicted molar refractivity (Wildman–Crippen MR) is 60.5 cm³/mol. The van der Waals surface area contributed by atoms with Gasteiger partial charge in [0.1, 0.15) is 12.6 Å². The summed E-state index contributed by atoms with van der Waals surface area (Å²) >= 11 is 1.44. The third-order valence-electron chi connectivity index (χ3n) is 2.66. The normalized spacial score (nSPS) is 26.8. The minimum absolute atomic E-state index is 0.00750. The van der Waals surface area contributed by atoms with E-state index in [4.69, 9.17) is 10.5 Å². The smallest absolute Gasteiger partial charge is 0.302 e. The van der Waals surface area contributed by atoms with E-state index in [1.165, 1.54) is 23.6 Å². The molecule has 0 bridgehead atoms. The number of carbonyl (C=O) groups excluding carboxylic acids is 3. The molecule has 2 atom stereocenters. The molecule has 2 aliphatic rings. The van der Waals surface area contributed by atoms with E-state index in [1.807, 2.05) is 0 Å². The molecular weight excluding hydrogens is 244 g/mol. The zero-order valence-corrected chi connectivity index (χ0v) is 10.0. The van der Waals surface area contributed by atoms with Crippen LogP contribution >= 0.6 is 11.8 Å². The van der Waals surface area contributed by atoms with Crippen LogP contribution in [0.15, 0.2) is 11.0 Å². The molecule has 6 nitrogen and oxygen atoms in total. The molecule has 0 aromatic carbocycles. The summed E-state index contributed by atoms with van der Waals surface area (Å²) in [4.78, 5) is 35.0. The predicted octanol–water partition coefficient (Wildman–Crippen LogP) is -0.407. The van der Waals surface area contributed by atoms with E-state index in [1.54, 1.807) is 5.41 Å². The molecule has 0 saturated carbocycles. The van der Waals surface area contributed by atoms with E-state index in [9.17, 15) is 14.4 Å². The summed E-state index contributed by atoms with van der Waals surface area (Å²) in [7, 11) is 0. The van der Waals surface area contributed by atoms with Crippen molar-refractivity contribution in [3.63, 3.8) is 0 Å². The van der Waals surface area contributed by atoms with E-state index in [0.717, 1.165) is 0 Å². The van der Waals surface area contributed by atoms with Gasteiger partial charge in [0.25, 0.3) is 0 Å². The Bertz CT molecular complexity index is 421. The number of rotatable bonds is 3. The fourth-order valence-electron chi connectivity index (χ4n) is 1.85. The number of ether oxygens (including phenoxy) is 1. The Kier molecular flexibility index (Phi) is 3.10. The first kappa shape index (κ1) is 12.0. The number of hydrogen-bond donors (Lipinski definition) is 1. The van der Waals surface area contributed by atoms with Crippen LogP contribution in [0.3, 0.4) is 0 Å². The average Bonchev–Trinajstić information content (AvgIpc) is 2.24. The summed E-state index contributed by atoms with van der Waals surface area (Å²) in [6.07, 6.45) is 0.422. The van der Waals surface area contributed by atoms with Crippen molar-refractivity contribution in [1.29, 1.82) is 0 Å². The van der Waals surface area contributed by atoms with Crippen molar-refractivity contribution in [3.05, 3.63) is 11.0 Å². The van der Waals surface area contributed by atoms with Crippen molar-refractivity contribution in [2.45, 2.75) is 24.8 Å². The Morgan fingerprint density at radius 3 is 2.88 bits per heavy atom. The second kappa shape index (κ2) is 4.40. The van der Waals surface area contributed by atoms with Crippen molar-refractivity contribution in [1.82, 2.24) is 4.90 Å². The van der Waals surface area contributed by atoms with E-state index in [2.05, 4.69) is 0 Å². The highest BCUT2D eigenvalue weighted by molar-refractivity contribution is 8.02. The third kappa shape index (κ3) is 2.14. The number of thioether (sulfide) groups is 1. The second-order valence-electron chi connectivity index (χ2n) is 3.87. The topological polar surface area (TPSA) is 89.7 Å². The summed E-state index contributed by atoms with van der Waals surface area (Å²) < 4.78 is 4.84. The number of nitrogens with zero attached hydrogens (tertiary/aromatic N) is 1. The van der Waals surface area contributed by atoms with Crippen molar-refractivity contribution in [3.8, 4) is 0 Å². The average molecular weight is 256 g/mol. The van der Waals surface area contributed by atoms with Crippen LogP contribution in [0.4, 0.5) is 0 Å². The first-order valence-corrected chi connectivity index (χ1v) is 6.03. The lowest BCUT2D eigenvalue weighted by molar-refractivity contribution is -0.149. The van der Waals surface area contributed by atoms with E-state index < -0.39 is 17.9 Å². The molecule has 2 rings (SSSR count). The number of fused-ring (bicyclic) bond motifs is 1. The third-order valence-corrected chi connectivity index (χ3v) is 3.81. The van der Waals surface area contributed by atoms with Crippen LogP contribution in [-0.2, 0) is 19.1 Å². The van der Waals surface area contributed by atoms with Gasteiger partial charge in [-0.2, -0.15) is 0 Å². The molecule has 0 aromatic heterocycles. The summed E-state index contributed by atoms with van der Waals surface area (Å²) in [6.45, 7) is 1.28. The van der Waals surface area contributed by atoms with Crippen molar-refractivity contribution >= 4 is 29.5 Å². The molecule has 0 aliphatic carbocycles. The number of nitrogens with two attached hydrogens (primary N) is 1. The van der Waals surface area contributed by atoms with Gasteiger partial charge < -0.3 is 15.4 Å². The Balaban J connectivity index is 2.15. The van der Waals surface area contributed by atoms with Crippen molar-refractivity contribution in [2.24, 2.45) is 5.73 Å². The van der Waals surface area contributed by atoms with Crippen LogP contribution in [-0.4, -0.2) is 40.7 Å². The number of primary amides is 1. The van der Waals surface area contributed by atoms with Gasteiger partial charge in [0.05, 0.1) is 11.8 Å². The maximum absolute atomic E-state index is 11.4. The Hall–Kier alpha value is -1.50. The fraction of sp³-hybridized carbons (Fsp3) is 0.500. The summed E-state index contributed by atoms with van der Waals surface area (Å²) in [5.74, 6) is -1.13. The standard InChI is InChI=1S/C10H12N2O4S/c1-5(13)16-3-6-4-17-8-2-7(14)12(8)9(6)10(11)15/h4,8-9H,2-3H2,1H3,(H2,11,15)/t8-,9-/m1/s1. The molecule has 2 amide bonds.